The van der Waals surface area contributed by atoms with Gasteiger partial charge in [-0.05, 0) is 19.1 Å². The van der Waals surface area contributed by atoms with Gasteiger partial charge in [0.1, 0.15) is 0 Å². The van der Waals surface area contributed by atoms with Gasteiger partial charge in [-0.15, -0.1) is 0 Å². The molecular formula is C12H15NO4. The minimum absolute atomic E-state index is 0.0325. The first kappa shape index (κ1) is 13.2. The number of rotatable bonds is 4. The second-order valence-electron chi connectivity index (χ2n) is 3.89. The van der Waals surface area contributed by atoms with Crippen LogP contribution >= 0.6 is 0 Å². The highest BCUT2D eigenvalue weighted by atomic mass is 16.4. The number of hydrogen-bond acceptors (Lipinski definition) is 3. The molecule has 1 amide bonds. The summed E-state index contributed by atoms with van der Waals surface area (Å²) in [7, 11) is 1.52. The van der Waals surface area contributed by atoms with Gasteiger partial charge >= 0.3 is 5.97 Å². The molecule has 0 saturated carbocycles. The van der Waals surface area contributed by atoms with Crippen molar-refractivity contribution in [3.8, 4) is 0 Å². The maximum atomic E-state index is 12.0. The molecule has 5 heteroatoms. The van der Waals surface area contributed by atoms with Crippen LogP contribution in [0.1, 0.15) is 27.6 Å². The first-order chi connectivity index (χ1) is 7.93. The molecule has 0 saturated heterocycles. The van der Waals surface area contributed by atoms with E-state index >= 15 is 0 Å². The first-order valence-electron chi connectivity index (χ1n) is 5.19. The Morgan fingerprint density at radius 3 is 2.29 bits per heavy atom. The van der Waals surface area contributed by atoms with E-state index in [1.165, 1.54) is 24.1 Å². The van der Waals surface area contributed by atoms with Crippen molar-refractivity contribution in [1.82, 2.24) is 4.90 Å². The fourth-order valence-corrected chi connectivity index (χ4v) is 1.54. The van der Waals surface area contributed by atoms with Gasteiger partial charge in [-0.3, -0.25) is 4.79 Å². The smallest absolute Gasteiger partial charge is 0.336 e. The molecule has 0 heterocycles. The average Bonchev–Trinajstić information content (AvgIpc) is 2.27. The lowest BCUT2D eigenvalue weighted by Gasteiger charge is -2.19. The Morgan fingerprint density at radius 2 is 1.82 bits per heavy atom. The van der Waals surface area contributed by atoms with Crippen LogP contribution in [0, 0.1) is 0 Å². The number of benzene rings is 1. The number of aliphatic hydroxyl groups excluding tert-OH is 1. The molecule has 0 fully saturated rings. The van der Waals surface area contributed by atoms with Crippen molar-refractivity contribution in [3.05, 3.63) is 35.4 Å². The van der Waals surface area contributed by atoms with Crippen LogP contribution < -0.4 is 0 Å². The van der Waals surface area contributed by atoms with Crippen molar-refractivity contribution in [2.75, 3.05) is 13.6 Å². The number of carbonyl (C=O) groups is 2. The van der Waals surface area contributed by atoms with Crippen LogP contribution in [0.3, 0.4) is 0 Å². The summed E-state index contributed by atoms with van der Waals surface area (Å²) >= 11 is 0. The third kappa shape index (κ3) is 3.29. The quantitative estimate of drug-likeness (QED) is 0.813. The van der Waals surface area contributed by atoms with Crippen LogP contribution in [0.4, 0.5) is 0 Å². The van der Waals surface area contributed by atoms with Gasteiger partial charge in [-0.25, -0.2) is 4.79 Å². The van der Waals surface area contributed by atoms with E-state index in [-0.39, 0.29) is 17.7 Å². The van der Waals surface area contributed by atoms with Crippen molar-refractivity contribution in [3.63, 3.8) is 0 Å². The minimum atomic E-state index is -1.14. The number of amides is 1. The number of hydrogen-bond donors (Lipinski definition) is 2. The highest BCUT2D eigenvalue weighted by Crippen LogP contribution is 2.11. The van der Waals surface area contributed by atoms with E-state index in [0.29, 0.717) is 0 Å². The monoisotopic (exact) mass is 237 g/mol. The number of carbonyl (C=O) groups excluding carboxylic acids is 1. The number of carboxylic acid groups (broad SMARTS) is 1. The number of aromatic carboxylic acids is 1. The molecule has 0 bridgehead atoms. The average molecular weight is 237 g/mol. The molecule has 0 aliphatic rings. The Bertz CT molecular complexity index is 428. The molecule has 0 radical (unpaired) electrons. The SMILES string of the molecule is CC(O)CN(C)C(=O)c1ccccc1C(=O)O. The third-order valence-electron chi connectivity index (χ3n) is 2.27. The topological polar surface area (TPSA) is 77.8 Å². The Kier molecular flexibility index (Phi) is 4.23. The number of carboxylic acids is 1. The second-order valence-corrected chi connectivity index (χ2v) is 3.89. The highest BCUT2D eigenvalue weighted by Gasteiger charge is 2.19. The normalized spacial score (nSPS) is 11.9. The van der Waals surface area contributed by atoms with Gasteiger partial charge in [0.25, 0.3) is 5.91 Å². The third-order valence-corrected chi connectivity index (χ3v) is 2.27. The Balaban J connectivity index is 3.00. The van der Waals surface area contributed by atoms with E-state index in [4.69, 9.17) is 5.11 Å². The van der Waals surface area contributed by atoms with E-state index in [9.17, 15) is 14.7 Å². The highest BCUT2D eigenvalue weighted by molar-refractivity contribution is 6.04. The number of likely N-dealkylation sites (N-methyl/N-ethyl adjacent to an activating group) is 1. The van der Waals surface area contributed by atoms with Gasteiger partial charge in [-0.2, -0.15) is 0 Å². The van der Waals surface area contributed by atoms with Gasteiger partial charge in [0.2, 0.25) is 0 Å². The van der Waals surface area contributed by atoms with E-state index in [1.807, 2.05) is 0 Å². The van der Waals surface area contributed by atoms with Crippen molar-refractivity contribution in [2.45, 2.75) is 13.0 Å². The fourth-order valence-electron chi connectivity index (χ4n) is 1.54. The van der Waals surface area contributed by atoms with E-state index in [1.54, 1.807) is 19.1 Å². The van der Waals surface area contributed by atoms with Gasteiger partial charge in [0.05, 0.1) is 17.2 Å². The summed E-state index contributed by atoms with van der Waals surface area (Å²) in [5.74, 6) is -1.55. The number of nitrogens with zero attached hydrogens (tertiary/aromatic N) is 1. The first-order valence-corrected chi connectivity index (χ1v) is 5.19. The van der Waals surface area contributed by atoms with Crippen LogP contribution in [-0.2, 0) is 0 Å². The zero-order valence-corrected chi connectivity index (χ0v) is 9.75. The molecule has 1 aromatic carbocycles. The molecule has 2 N–H and O–H groups in total. The molecule has 92 valence electrons. The van der Waals surface area contributed by atoms with Gasteiger partial charge in [0, 0.05) is 13.6 Å². The Morgan fingerprint density at radius 1 is 1.29 bits per heavy atom. The predicted octanol–water partition coefficient (Wildman–Crippen LogP) is 0.838. The van der Waals surface area contributed by atoms with Crippen LogP contribution in [0.15, 0.2) is 24.3 Å². The molecule has 0 aromatic heterocycles. The fraction of sp³-hybridized carbons (Fsp3) is 0.333. The summed E-state index contributed by atoms with van der Waals surface area (Å²) < 4.78 is 0. The lowest BCUT2D eigenvalue weighted by atomic mass is 10.1. The zero-order valence-electron chi connectivity index (χ0n) is 9.75. The molecular weight excluding hydrogens is 222 g/mol. The number of aliphatic hydroxyl groups is 1. The lowest BCUT2D eigenvalue weighted by molar-refractivity contribution is 0.0661. The van der Waals surface area contributed by atoms with Crippen LogP contribution in [0.25, 0.3) is 0 Å². The molecule has 1 unspecified atom stereocenters. The van der Waals surface area contributed by atoms with Gasteiger partial charge in [-0.1, -0.05) is 12.1 Å². The van der Waals surface area contributed by atoms with Crippen molar-refractivity contribution < 1.29 is 19.8 Å². The zero-order chi connectivity index (χ0) is 13.0. The second kappa shape index (κ2) is 5.45. The van der Waals surface area contributed by atoms with E-state index in [0.717, 1.165) is 0 Å². The summed E-state index contributed by atoms with van der Waals surface area (Å²) in [4.78, 5) is 24.2. The summed E-state index contributed by atoms with van der Waals surface area (Å²) in [6.45, 7) is 1.72. The molecule has 1 aromatic rings. The summed E-state index contributed by atoms with van der Waals surface area (Å²) in [5, 5.41) is 18.1. The molecule has 5 nitrogen and oxygen atoms in total. The van der Waals surface area contributed by atoms with Gasteiger partial charge < -0.3 is 15.1 Å². The molecule has 0 aliphatic carbocycles. The standard InChI is InChI=1S/C12H15NO4/c1-8(14)7-13(2)11(15)9-5-3-4-6-10(9)12(16)17/h3-6,8,14H,7H2,1-2H3,(H,16,17). The molecule has 0 aliphatic heterocycles. The van der Waals surface area contributed by atoms with Crippen molar-refractivity contribution in [2.24, 2.45) is 0 Å². The summed E-state index contributed by atoms with van der Waals surface area (Å²) in [5.41, 5.74) is 0.0955. The molecule has 0 spiro atoms. The Labute approximate surface area is 99.3 Å². The maximum Gasteiger partial charge on any atom is 0.336 e. The van der Waals surface area contributed by atoms with Crippen molar-refractivity contribution in [1.29, 1.82) is 0 Å². The Hall–Kier alpha value is -1.88. The van der Waals surface area contributed by atoms with Crippen LogP contribution in [-0.4, -0.2) is 46.7 Å². The summed E-state index contributed by atoms with van der Waals surface area (Å²) in [6, 6.07) is 6.01. The van der Waals surface area contributed by atoms with E-state index in [2.05, 4.69) is 0 Å². The largest absolute Gasteiger partial charge is 0.478 e. The maximum absolute atomic E-state index is 12.0. The predicted molar refractivity (Wildman–Crippen MR) is 62.0 cm³/mol. The molecule has 17 heavy (non-hydrogen) atoms. The molecule has 1 atom stereocenters. The minimum Gasteiger partial charge on any atom is -0.478 e. The summed E-state index contributed by atoms with van der Waals surface area (Å²) in [6.07, 6.45) is -0.652. The molecule has 1 rings (SSSR count). The van der Waals surface area contributed by atoms with Crippen LogP contribution in [0.5, 0.6) is 0 Å². The van der Waals surface area contributed by atoms with Gasteiger partial charge in [0.15, 0.2) is 0 Å². The van der Waals surface area contributed by atoms with Crippen molar-refractivity contribution >= 4 is 11.9 Å². The van der Waals surface area contributed by atoms with Crippen LogP contribution in [0.2, 0.25) is 0 Å². The lowest BCUT2D eigenvalue weighted by Crippen LogP contribution is -2.33. The van der Waals surface area contributed by atoms with E-state index < -0.39 is 18.0 Å².